The molecule has 0 unspecified atom stereocenters. The molecule has 0 saturated heterocycles. The summed E-state index contributed by atoms with van der Waals surface area (Å²) < 4.78 is 15.0. The van der Waals surface area contributed by atoms with E-state index in [9.17, 15) is 24.5 Å². The van der Waals surface area contributed by atoms with Crippen LogP contribution in [0.2, 0.25) is 0 Å². The third-order valence-corrected chi connectivity index (χ3v) is 3.89. The van der Waals surface area contributed by atoms with Gasteiger partial charge in [-0.1, -0.05) is 0 Å². The Balaban J connectivity index is 2.19. The van der Waals surface area contributed by atoms with Gasteiger partial charge in [-0.25, -0.2) is 9.59 Å². The molecule has 0 aliphatic heterocycles. The fraction of sp³-hybridized carbons (Fsp3) is 0.250. The van der Waals surface area contributed by atoms with E-state index in [0.29, 0.717) is 17.9 Å². The Bertz CT molecular complexity index is 936. The van der Waals surface area contributed by atoms with Crippen molar-refractivity contribution in [1.82, 2.24) is 0 Å². The minimum absolute atomic E-state index is 0.181. The molecule has 0 aliphatic carbocycles. The molecule has 9 nitrogen and oxygen atoms in total. The Labute approximate surface area is 166 Å². The van der Waals surface area contributed by atoms with Crippen molar-refractivity contribution < 1.29 is 33.5 Å². The summed E-state index contributed by atoms with van der Waals surface area (Å²) in [6.07, 6.45) is -1.15. The van der Waals surface area contributed by atoms with Crippen molar-refractivity contribution in [1.29, 1.82) is 0 Å². The first kappa shape index (κ1) is 21.5. The molecule has 0 N–H and O–H groups in total. The molecule has 0 amide bonds. The van der Waals surface area contributed by atoms with Gasteiger partial charge in [-0.05, 0) is 44.2 Å². The molecule has 0 aliphatic rings. The van der Waals surface area contributed by atoms with Crippen LogP contribution in [0, 0.1) is 10.1 Å². The molecule has 0 aromatic heterocycles. The van der Waals surface area contributed by atoms with Crippen LogP contribution in [0.5, 0.6) is 5.75 Å². The molecule has 2 aromatic carbocycles. The maximum atomic E-state index is 12.5. The highest BCUT2D eigenvalue weighted by Gasteiger charge is 2.23. The summed E-state index contributed by atoms with van der Waals surface area (Å²) in [6, 6.07) is 9.37. The van der Waals surface area contributed by atoms with Gasteiger partial charge in [0, 0.05) is 17.7 Å². The summed E-state index contributed by atoms with van der Waals surface area (Å²) in [5.41, 5.74) is -0.599. The molecule has 152 valence electrons. The SMILES string of the molecule is CCOc1ccc(C(=O)[C@H](C)OC(=O)c2cc(C(=O)OC)cc([N+](=O)[O-])c2)cc1. The number of carbonyl (C=O) groups excluding carboxylic acids is 3. The number of nitro groups is 1. The number of hydrogen-bond donors (Lipinski definition) is 0. The highest BCUT2D eigenvalue weighted by atomic mass is 16.6. The first-order valence-electron chi connectivity index (χ1n) is 8.62. The number of ether oxygens (including phenoxy) is 3. The van der Waals surface area contributed by atoms with Crippen LogP contribution in [0.3, 0.4) is 0 Å². The van der Waals surface area contributed by atoms with Crippen LogP contribution in [-0.4, -0.2) is 42.5 Å². The average Bonchev–Trinajstić information content (AvgIpc) is 2.72. The first-order chi connectivity index (χ1) is 13.8. The number of nitrogens with zero attached hydrogens (tertiary/aromatic N) is 1. The van der Waals surface area contributed by atoms with Gasteiger partial charge in [-0.15, -0.1) is 0 Å². The van der Waals surface area contributed by atoms with Gasteiger partial charge in [0.1, 0.15) is 5.75 Å². The number of ketones is 1. The number of methoxy groups -OCH3 is 1. The minimum atomic E-state index is -1.15. The van der Waals surface area contributed by atoms with Crippen molar-refractivity contribution in [3.63, 3.8) is 0 Å². The van der Waals surface area contributed by atoms with E-state index in [-0.39, 0.29) is 11.1 Å². The number of Topliss-reactive ketones (excluding diaryl/α,β-unsaturated/α-hetero) is 1. The number of esters is 2. The molecule has 2 rings (SSSR count). The highest BCUT2D eigenvalue weighted by Crippen LogP contribution is 2.20. The topological polar surface area (TPSA) is 122 Å². The lowest BCUT2D eigenvalue weighted by atomic mass is 10.1. The van der Waals surface area contributed by atoms with E-state index in [1.807, 2.05) is 6.92 Å². The summed E-state index contributed by atoms with van der Waals surface area (Å²) >= 11 is 0. The van der Waals surface area contributed by atoms with Gasteiger partial charge >= 0.3 is 11.9 Å². The van der Waals surface area contributed by atoms with Crippen LogP contribution in [-0.2, 0) is 9.47 Å². The van der Waals surface area contributed by atoms with E-state index in [2.05, 4.69) is 4.74 Å². The second-order valence-electron chi connectivity index (χ2n) is 5.89. The normalized spacial score (nSPS) is 11.3. The summed E-state index contributed by atoms with van der Waals surface area (Å²) in [5.74, 6) is -1.69. The van der Waals surface area contributed by atoms with Gasteiger partial charge in [-0.2, -0.15) is 0 Å². The van der Waals surface area contributed by atoms with Crippen molar-refractivity contribution in [2.24, 2.45) is 0 Å². The second kappa shape index (κ2) is 9.45. The molecule has 0 spiro atoms. The van der Waals surface area contributed by atoms with Crippen LogP contribution >= 0.6 is 0 Å². The molecule has 0 saturated carbocycles. The molecular weight excluding hydrogens is 382 g/mol. The quantitative estimate of drug-likeness (QED) is 0.286. The molecular formula is C20H19NO8. The smallest absolute Gasteiger partial charge is 0.339 e. The van der Waals surface area contributed by atoms with Gasteiger partial charge in [-0.3, -0.25) is 14.9 Å². The zero-order chi connectivity index (χ0) is 21.6. The van der Waals surface area contributed by atoms with Crippen molar-refractivity contribution >= 4 is 23.4 Å². The molecule has 9 heteroatoms. The monoisotopic (exact) mass is 401 g/mol. The fourth-order valence-corrected chi connectivity index (χ4v) is 2.47. The lowest BCUT2D eigenvalue weighted by molar-refractivity contribution is -0.384. The average molecular weight is 401 g/mol. The van der Waals surface area contributed by atoms with Gasteiger partial charge in [0.15, 0.2) is 6.10 Å². The van der Waals surface area contributed by atoms with Gasteiger partial charge < -0.3 is 14.2 Å². The number of rotatable bonds is 8. The van der Waals surface area contributed by atoms with Crippen molar-refractivity contribution in [3.05, 3.63) is 69.3 Å². The summed E-state index contributed by atoms with van der Waals surface area (Å²) in [7, 11) is 1.11. The number of hydrogen-bond acceptors (Lipinski definition) is 8. The van der Waals surface area contributed by atoms with Gasteiger partial charge in [0.05, 0.1) is 29.8 Å². The zero-order valence-corrected chi connectivity index (χ0v) is 16.0. The fourth-order valence-electron chi connectivity index (χ4n) is 2.47. The van der Waals surface area contributed by atoms with E-state index in [1.54, 1.807) is 24.3 Å². The molecule has 0 heterocycles. The first-order valence-corrected chi connectivity index (χ1v) is 8.62. The molecule has 29 heavy (non-hydrogen) atoms. The van der Waals surface area contributed by atoms with Gasteiger partial charge in [0.2, 0.25) is 5.78 Å². The lowest BCUT2D eigenvalue weighted by Crippen LogP contribution is -2.24. The van der Waals surface area contributed by atoms with Crippen molar-refractivity contribution in [2.45, 2.75) is 20.0 Å². The Kier molecular flexibility index (Phi) is 7.02. The van der Waals surface area contributed by atoms with Crippen LogP contribution in [0.1, 0.15) is 44.9 Å². The van der Waals surface area contributed by atoms with E-state index in [4.69, 9.17) is 9.47 Å². The van der Waals surface area contributed by atoms with Crippen molar-refractivity contribution in [3.8, 4) is 5.75 Å². The third kappa shape index (κ3) is 5.38. The van der Waals surface area contributed by atoms with E-state index < -0.39 is 34.4 Å². The summed E-state index contributed by atoms with van der Waals surface area (Å²) in [5, 5.41) is 11.1. The second-order valence-corrected chi connectivity index (χ2v) is 5.89. The highest BCUT2D eigenvalue weighted by molar-refractivity contribution is 6.02. The number of benzene rings is 2. The lowest BCUT2D eigenvalue weighted by Gasteiger charge is -2.13. The zero-order valence-electron chi connectivity index (χ0n) is 16.0. The van der Waals surface area contributed by atoms with Crippen LogP contribution in [0.25, 0.3) is 0 Å². The number of non-ortho nitro benzene ring substituents is 1. The predicted octanol–water partition coefficient (Wildman–Crippen LogP) is 3.21. The Morgan fingerprint density at radius 3 is 2.10 bits per heavy atom. The largest absolute Gasteiger partial charge is 0.494 e. The van der Waals surface area contributed by atoms with Crippen molar-refractivity contribution in [2.75, 3.05) is 13.7 Å². The maximum absolute atomic E-state index is 12.5. The van der Waals surface area contributed by atoms with Crippen LogP contribution in [0.4, 0.5) is 5.69 Å². The molecule has 0 bridgehead atoms. The van der Waals surface area contributed by atoms with Crippen LogP contribution < -0.4 is 4.74 Å². The third-order valence-electron chi connectivity index (χ3n) is 3.89. The van der Waals surface area contributed by atoms with E-state index in [0.717, 1.165) is 25.3 Å². The number of nitro benzene ring substituents is 1. The predicted molar refractivity (Wildman–Crippen MR) is 101 cm³/mol. The van der Waals surface area contributed by atoms with E-state index >= 15 is 0 Å². The van der Waals surface area contributed by atoms with Gasteiger partial charge in [0.25, 0.3) is 5.69 Å². The standard InChI is InChI=1S/C20H19NO8/c1-4-28-17-7-5-13(6-8-17)18(22)12(2)29-20(24)15-9-14(19(23)27-3)10-16(11-15)21(25)26/h5-12H,4H2,1-3H3/t12-/m0/s1. The van der Waals surface area contributed by atoms with Crippen LogP contribution in [0.15, 0.2) is 42.5 Å². The number of carbonyl (C=O) groups is 3. The minimum Gasteiger partial charge on any atom is -0.494 e. The summed E-state index contributed by atoms with van der Waals surface area (Å²) in [4.78, 5) is 46.9. The Hall–Kier alpha value is -3.75. The Morgan fingerprint density at radius 2 is 1.59 bits per heavy atom. The molecule has 0 fully saturated rings. The molecule has 2 aromatic rings. The van der Waals surface area contributed by atoms with E-state index in [1.165, 1.54) is 6.92 Å². The maximum Gasteiger partial charge on any atom is 0.339 e. The Morgan fingerprint density at radius 1 is 1.00 bits per heavy atom. The molecule has 1 atom stereocenters. The summed E-state index contributed by atoms with van der Waals surface area (Å²) in [6.45, 7) is 3.70. The molecule has 0 radical (unpaired) electrons.